The summed E-state index contributed by atoms with van der Waals surface area (Å²) in [5.74, 6) is -0.764. The second kappa shape index (κ2) is 11.2. The molecule has 0 spiro atoms. The van der Waals surface area contributed by atoms with Crippen molar-refractivity contribution in [2.75, 3.05) is 38.6 Å². The highest BCUT2D eigenvalue weighted by Crippen LogP contribution is 2.35. The Labute approximate surface area is 214 Å². The van der Waals surface area contributed by atoms with Gasteiger partial charge in [0.2, 0.25) is 5.91 Å². The zero-order valence-corrected chi connectivity index (χ0v) is 21.1. The van der Waals surface area contributed by atoms with Crippen LogP contribution in [-0.2, 0) is 28.8 Å². The number of benzene rings is 2. The van der Waals surface area contributed by atoms with Gasteiger partial charge in [-0.15, -0.1) is 0 Å². The minimum atomic E-state index is -4.55. The van der Waals surface area contributed by atoms with Crippen LogP contribution in [0, 0.1) is 0 Å². The van der Waals surface area contributed by atoms with E-state index in [9.17, 15) is 22.8 Å². The van der Waals surface area contributed by atoms with Crippen molar-refractivity contribution in [3.8, 4) is 0 Å². The third-order valence-corrected chi connectivity index (χ3v) is 7.18. The topological polar surface area (TPSA) is 87.9 Å². The number of methoxy groups -OCH3 is 1. The highest BCUT2D eigenvalue weighted by molar-refractivity contribution is 6.04. The fourth-order valence-electron chi connectivity index (χ4n) is 5.30. The minimum absolute atomic E-state index is 0.0839. The summed E-state index contributed by atoms with van der Waals surface area (Å²) in [6.07, 6.45) is -2.83. The van der Waals surface area contributed by atoms with Crippen LogP contribution in [-0.4, -0.2) is 61.0 Å². The monoisotopic (exact) mass is 518 g/mol. The van der Waals surface area contributed by atoms with Gasteiger partial charge in [0.15, 0.2) is 0 Å². The van der Waals surface area contributed by atoms with E-state index in [4.69, 9.17) is 10.5 Å². The van der Waals surface area contributed by atoms with E-state index in [2.05, 4.69) is 5.32 Å². The van der Waals surface area contributed by atoms with Crippen LogP contribution in [0.15, 0.2) is 36.4 Å². The number of fused-ring (bicyclic) bond motifs is 1. The fourth-order valence-corrected chi connectivity index (χ4v) is 5.30. The van der Waals surface area contributed by atoms with Gasteiger partial charge in [-0.05, 0) is 59.7 Å². The Kier molecular flexibility index (Phi) is 8.20. The number of ether oxygens (including phenoxy) is 1. The van der Waals surface area contributed by atoms with E-state index < -0.39 is 23.6 Å². The number of rotatable bonds is 7. The lowest BCUT2D eigenvalue weighted by Crippen LogP contribution is -2.38. The molecule has 2 aliphatic rings. The molecule has 1 atom stereocenters. The van der Waals surface area contributed by atoms with Crippen LogP contribution in [0.5, 0.6) is 0 Å². The number of anilines is 1. The van der Waals surface area contributed by atoms with Crippen molar-refractivity contribution < 1.29 is 27.5 Å². The second-order valence-corrected chi connectivity index (χ2v) is 9.99. The molecule has 2 aromatic carbocycles. The average Bonchev–Trinajstić information content (AvgIpc) is 2.84. The lowest BCUT2D eigenvalue weighted by Gasteiger charge is -2.32. The number of likely N-dealkylation sites (tertiary alicyclic amines) is 1. The van der Waals surface area contributed by atoms with Gasteiger partial charge in [0, 0.05) is 51.1 Å². The first-order valence-electron chi connectivity index (χ1n) is 12.4. The molecule has 0 radical (unpaired) electrons. The van der Waals surface area contributed by atoms with Crippen molar-refractivity contribution in [3.63, 3.8) is 0 Å². The third-order valence-electron chi connectivity index (χ3n) is 7.18. The number of amides is 2. The Hall–Kier alpha value is -2.95. The highest BCUT2D eigenvalue weighted by atomic mass is 19.4. The molecule has 4 rings (SSSR count). The van der Waals surface area contributed by atoms with E-state index in [1.807, 2.05) is 22.8 Å². The summed E-state index contributed by atoms with van der Waals surface area (Å²) in [4.78, 5) is 28.2. The largest absolute Gasteiger partial charge is 0.416 e. The number of primary amides is 1. The number of nitrogens with two attached hydrogens (primary N) is 1. The molecule has 1 saturated heterocycles. The molecule has 7 nitrogen and oxygen atoms in total. The molecule has 3 N–H and O–H groups in total. The quantitative estimate of drug-likeness (QED) is 0.579. The third kappa shape index (κ3) is 6.68. The number of hydrogen-bond donors (Lipinski definition) is 2. The van der Waals surface area contributed by atoms with Crippen molar-refractivity contribution in [1.29, 1.82) is 0 Å². The van der Waals surface area contributed by atoms with Crippen LogP contribution >= 0.6 is 0 Å². The Morgan fingerprint density at radius 2 is 1.84 bits per heavy atom. The summed E-state index contributed by atoms with van der Waals surface area (Å²) in [6, 6.07) is 9.24. The van der Waals surface area contributed by atoms with Gasteiger partial charge in [0.05, 0.1) is 18.2 Å². The molecule has 2 amide bonds. The maximum atomic E-state index is 13.9. The number of nitrogens with zero attached hydrogens (tertiary/aromatic N) is 2. The highest BCUT2D eigenvalue weighted by Gasteiger charge is 2.34. The Morgan fingerprint density at radius 1 is 1.11 bits per heavy atom. The number of carbonyl (C=O) groups is 2. The number of piperidine rings is 1. The van der Waals surface area contributed by atoms with Crippen molar-refractivity contribution in [1.82, 2.24) is 9.80 Å². The summed E-state index contributed by atoms with van der Waals surface area (Å²) < 4.78 is 47.1. The van der Waals surface area contributed by atoms with Gasteiger partial charge >= 0.3 is 6.18 Å². The van der Waals surface area contributed by atoms with Crippen LogP contribution < -0.4 is 11.1 Å². The molecular formula is C27H33F3N4O3. The van der Waals surface area contributed by atoms with E-state index in [0.29, 0.717) is 31.7 Å². The molecule has 1 fully saturated rings. The summed E-state index contributed by atoms with van der Waals surface area (Å²) in [5.41, 5.74) is 7.17. The summed E-state index contributed by atoms with van der Waals surface area (Å²) >= 11 is 0. The Balaban J connectivity index is 1.49. The maximum Gasteiger partial charge on any atom is 0.416 e. The van der Waals surface area contributed by atoms with Gasteiger partial charge in [-0.25, -0.2) is 0 Å². The zero-order valence-electron chi connectivity index (χ0n) is 21.1. The van der Waals surface area contributed by atoms with E-state index >= 15 is 0 Å². The van der Waals surface area contributed by atoms with Gasteiger partial charge in [-0.1, -0.05) is 19.1 Å². The van der Waals surface area contributed by atoms with Crippen molar-refractivity contribution >= 4 is 17.5 Å². The first-order chi connectivity index (χ1) is 17.5. The van der Waals surface area contributed by atoms with Crippen molar-refractivity contribution in [2.24, 2.45) is 5.73 Å². The van der Waals surface area contributed by atoms with Gasteiger partial charge in [-0.2, -0.15) is 13.2 Å². The lowest BCUT2D eigenvalue weighted by molar-refractivity contribution is -0.138. The standard InChI is InChI=1S/C27H33F3N4O3/c1-17-13-34(16-25(31)35)15-20-11-18(4-6-23(17)20)26(36)32-21-5-3-19(24(12-21)27(28,29)30)14-33-9-7-22(37-2)8-10-33/h3-6,11-12,17,22H,7-10,13-16H2,1-2H3,(H2,31,35)(H,32,36)/t17-/m0/s1. The Morgan fingerprint density at radius 3 is 2.49 bits per heavy atom. The molecule has 10 heteroatoms. The lowest BCUT2D eigenvalue weighted by atomic mass is 9.89. The average molecular weight is 519 g/mol. The first-order valence-corrected chi connectivity index (χ1v) is 12.4. The predicted octanol–water partition coefficient (Wildman–Crippen LogP) is 3.97. The van der Waals surface area contributed by atoms with Crippen molar-refractivity contribution in [2.45, 2.75) is 51.1 Å². The molecule has 0 aromatic heterocycles. The van der Waals surface area contributed by atoms with Crippen LogP contribution in [0.1, 0.15) is 58.3 Å². The predicted molar refractivity (Wildman–Crippen MR) is 134 cm³/mol. The molecule has 37 heavy (non-hydrogen) atoms. The van der Waals surface area contributed by atoms with Gasteiger partial charge in [-0.3, -0.25) is 19.4 Å². The summed E-state index contributed by atoms with van der Waals surface area (Å²) in [5, 5.41) is 2.62. The van der Waals surface area contributed by atoms with Crippen molar-refractivity contribution in [3.05, 3.63) is 64.2 Å². The molecule has 0 aliphatic carbocycles. The van der Waals surface area contributed by atoms with E-state index in [1.54, 1.807) is 19.2 Å². The molecule has 0 bridgehead atoms. The number of carbonyl (C=O) groups excluding carboxylic acids is 2. The number of halogens is 3. The minimum Gasteiger partial charge on any atom is -0.381 e. The van der Waals surface area contributed by atoms with Crippen LogP contribution in [0.2, 0.25) is 0 Å². The first kappa shape index (κ1) is 27.1. The normalized spacial score (nSPS) is 19.4. The number of hydrogen-bond acceptors (Lipinski definition) is 5. The number of alkyl halides is 3. The molecule has 2 aromatic rings. The maximum absolute atomic E-state index is 13.9. The SMILES string of the molecule is COC1CCN(Cc2ccc(NC(=O)c3ccc4c(c3)CN(CC(N)=O)C[C@@H]4C)cc2C(F)(F)F)CC1. The van der Waals surface area contributed by atoms with Gasteiger partial charge in [0.1, 0.15) is 0 Å². The Bertz CT molecular complexity index is 1150. The van der Waals surface area contributed by atoms with E-state index in [1.165, 1.54) is 12.1 Å². The molecule has 200 valence electrons. The smallest absolute Gasteiger partial charge is 0.381 e. The van der Waals surface area contributed by atoms with Crippen LogP contribution in [0.3, 0.4) is 0 Å². The summed E-state index contributed by atoms with van der Waals surface area (Å²) in [7, 11) is 1.65. The van der Waals surface area contributed by atoms with Crippen LogP contribution in [0.25, 0.3) is 0 Å². The summed E-state index contributed by atoms with van der Waals surface area (Å²) in [6.45, 7) is 4.83. The molecule has 0 unspecified atom stereocenters. The van der Waals surface area contributed by atoms with Gasteiger partial charge in [0.25, 0.3) is 5.91 Å². The number of nitrogens with one attached hydrogen (secondary N) is 1. The molecule has 2 heterocycles. The fraction of sp³-hybridized carbons (Fsp3) is 0.481. The molecule has 2 aliphatic heterocycles. The van der Waals surface area contributed by atoms with E-state index in [0.717, 1.165) is 30.0 Å². The molecule has 0 saturated carbocycles. The van der Waals surface area contributed by atoms with Gasteiger partial charge < -0.3 is 15.8 Å². The molecular weight excluding hydrogens is 485 g/mol. The van der Waals surface area contributed by atoms with Crippen LogP contribution in [0.4, 0.5) is 18.9 Å². The van der Waals surface area contributed by atoms with E-state index in [-0.39, 0.29) is 36.4 Å². The second-order valence-electron chi connectivity index (χ2n) is 9.99. The zero-order chi connectivity index (χ0) is 26.7.